The quantitative estimate of drug-likeness (QED) is 0.724. The fourth-order valence-electron chi connectivity index (χ4n) is 1.94. The van der Waals surface area contributed by atoms with Gasteiger partial charge in [0.1, 0.15) is 6.33 Å². The van der Waals surface area contributed by atoms with Crippen LogP contribution in [0.25, 0.3) is 11.2 Å². The highest BCUT2D eigenvalue weighted by molar-refractivity contribution is 5.78. The maximum Gasteiger partial charge on any atom is 0.245 e. The van der Waals surface area contributed by atoms with E-state index in [1.165, 1.54) is 6.33 Å². The van der Waals surface area contributed by atoms with Crippen LogP contribution in [0.3, 0.4) is 0 Å². The first-order valence-corrected chi connectivity index (χ1v) is 5.76. The Kier molecular flexibility index (Phi) is 2.75. The standard InChI is InChI=1S/C11H13N7O/c1-19-10-8-9(14-6-15-10)18(11(12)16-8)5-4-17-3-2-13-7-17/h2-3,6-7H,4-5H2,1H3,(H2,12,16). The zero-order chi connectivity index (χ0) is 13.2. The van der Waals surface area contributed by atoms with Gasteiger partial charge in [-0.2, -0.15) is 4.98 Å². The molecule has 0 saturated heterocycles. The number of aryl methyl sites for hydroxylation is 2. The third kappa shape index (κ3) is 1.96. The predicted molar refractivity (Wildman–Crippen MR) is 68.5 cm³/mol. The van der Waals surface area contributed by atoms with Gasteiger partial charge >= 0.3 is 0 Å². The number of nitrogens with two attached hydrogens (primary N) is 1. The van der Waals surface area contributed by atoms with Crippen molar-refractivity contribution in [1.82, 2.24) is 29.1 Å². The first-order chi connectivity index (χ1) is 9.29. The van der Waals surface area contributed by atoms with Gasteiger partial charge in [0.25, 0.3) is 0 Å². The molecule has 3 rings (SSSR count). The first-order valence-electron chi connectivity index (χ1n) is 5.76. The van der Waals surface area contributed by atoms with Crippen molar-refractivity contribution in [1.29, 1.82) is 0 Å². The van der Waals surface area contributed by atoms with E-state index in [1.807, 2.05) is 15.3 Å². The fourth-order valence-corrected chi connectivity index (χ4v) is 1.94. The number of rotatable bonds is 4. The van der Waals surface area contributed by atoms with Crippen LogP contribution in [0.1, 0.15) is 0 Å². The van der Waals surface area contributed by atoms with Crippen LogP contribution >= 0.6 is 0 Å². The molecule has 0 aromatic carbocycles. The lowest BCUT2D eigenvalue weighted by Crippen LogP contribution is -2.09. The van der Waals surface area contributed by atoms with E-state index in [4.69, 9.17) is 10.5 Å². The summed E-state index contributed by atoms with van der Waals surface area (Å²) in [5.74, 6) is 0.826. The van der Waals surface area contributed by atoms with E-state index in [1.54, 1.807) is 19.6 Å². The molecule has 8 nitrogen and oxygen atoms in total. The average molecular weight is 259 g/mol. The number of methoxy groups -OCH3 is 1. The Balaban J connectivity index is 1.96. The van der Waals surface area contributed by atoms with E-state index in [-0.39, 0.29) is 0 Å². The van der Waals surface area contributed by atoms with E-state index in [9.17, 15) is 0 Å². The Labute approximate surface area is 108 Å². The molecular weight excluding hydrogens is 246 g/mol. The monoisotopic (exact) mass is 259 g/mol. The summed E-state index contributed by atoms with van der Waals surface area (Å²) >= 11 is 0. The topological polar surface area (TPSA) is 96.7 Å². The molecule has 98 valence electrons. The number of anilines is 1. The summed E-state index contributed by atoms with van der Waals surface area (Å²) in [5, 5.41) is 0. The summed E-state index contributed by atoms with van der Waals surface area (Å²) < 4.78 is 8.94. The zero-order valence-electron chi connectivity index (χ0n) is 10.4. The SMILES string of the molecule is COc1ncnc2c1nc(N)n2CCn1ccnc1. The van der Waals surface area contributed by atoms with Crippen LogP contribution < -0.4 is 10.5 Å². The van der Waals surface area contributed by atoms with Crippen LogP contribution in [-0.4, -0.2) is 36.2 Å². The third-order valence-electron chi connectivity index (χ3n) is 2.86. The Morgan fingerprint density at radius 3 is 2.95 bits per heavy atom. The number of imidazole rings is 2. The van der Waals surface area contributed by atoms with Crippen LogP contribution in [0.5, 0.6) is 5.88 Å². The lowest BCUT2D eigenvalue weighted by Gasteiger charge is -2.06. The van der Waals surface area contributed by atoms with Gasteiger partial charge in [-0.3, -0.25) is 4.57 Å². The number of nitrogen functional groups attached to an aromatic ring is 1. The van der Waals surface area contributed by atoms with Gasteiger partial charge in [0.2, 0.25) is 11.8 Å². The smallest absolute Gasteiger partial charge is 0.245 e. The summed E-state index contributed by atoms with van der Waals surface area (Å²) in [7, 11) is 1.54. The molecule has 0 unspecified atom stereocenters. The number of ether oxygens (including phenoxy) is 1. The summed E-state index contributed by atoms with van der Waals surface area (Å²) in [5.41, 5.74) is 7.17. The molecule has 0 bridgehead atoms. The number of aromatic nitrogens is 6. The number of hydrogen-bond acceptors (Lipinski definition) is 6. The van der Waals surface area contributed by atoms with E-state index in [0.717, 1.165) is 6.54 Å². The summed E-state index contributed by atoms with van der Waals surface area (Å²) in [6.07, 6.45) is 6.83. The van der Waals surface area contributed by atoms with E-state index >= 15 is 0 Å². The third-order valence-corrected chi connectivity index (χ3v) is 2.86. The molecule has 0 aliphatic rings. The first kappa shape index (κ1) is 11.5. The van der Waals surface area contributed by atoms with Crippen molar-refractivity contribution in [3.8, 4) is 5.88 Å². The lowest BCUT2D eigenvalue weighted by molar-refractivity contribution is 0.401. The molecule has 19 heavy (non-hydrogen) atoms. The zero-order valence-corrected chi connectivity index (χ0v) is 10.4. The molecule has 0 atom stereocenters. The second kappa shape index (κ2) is 4.56. The summed E-state index contributed by atoms with van der Waals surface area (Å²) in [6, 6.07) is 0. The summed E-state index contributed by atoms with van der Waals surface area (Å²) in [6.45, 7) is 1.39. The maximum atomic E-state index is 5.92. The van der Waals surface area contributed by atoms with Gasteiger partial charge in [-0.05, 0) is 0 Å². The van der Waals surface area contributed by atoms with Crippen molar-refractivity contribution < 1.29 is 4.74 Å². The minimum atomic E-state index is 0.397. The molecule has 0 spiro atoms. The summed E-state index contributed by atoms with van der Waals surface area (Å²) in [4.78, 5) is 16.5. The maximum absolute atomic E-state index is 5.92. The van der Waals surface area contributed by atoms with Crippen LogP contribution in [0.15, 0.2) is 25.0 Å². The minimum absolute atomic E-state index is 0.397. The predicted octanol–water partition coefficient (Wildman–Crippen LogP) is 0.314. The van der Waals surface area contributed by atoms with E-state index < -0.39 is 0 Å². The van der Waals surface area contributed by atoms with Crippen LogP contribution in [0.2, 0.25) is 0 Å². The molecule has 0 fully saturated rings. The molecule has 0 saturated carbocycles. The Hall–Kier alpha value is -2.64. The van der Waals surface area contributed by atoms with E-state index in [0.29, 0.717) is 29.5 Å². The Morgan fingerprint density at radius 2 is 2.21 bits per heavy atom. The molecule has 0 aliphatic carbocycles. The largest absolute Gasteiger partial charge is 0.479 e. The number of fused-ring (bicyclic) bond motifs is 1. The average Bonchev–Trinajstić information content (AvgIpc) is 3.03. The molecule has 8 heteroatoms. The van der Waals surface area contributed by atoms with Crippen molar-refractivity contribution in [2.45, 2.75) is 13.1 Å². The minimum Gasteiger partial charge on any atom is -0.479 e. The molecule has 3 aromatic rings. The molecule has 0 radical (unpaired) electrons. The molecule has 3 heterocycles. The highest BCUT2D eigenvalue weighted by Gasteiger charge is 2.14. The van der Waals surface area contributed by atoms with E-state index in [2.05, 4.69) is 19.9 Å². The van der Waals surface area contributed by atoms with Gasteiger partial charge in [0, 0.05) is 25.5 Å². The molecule has 3 aromatic heterocycles. The van der Waals surface area contributed by atoms with Crippen LogP contribution in [0, 0.1) is 0 Å². The molecule has 0 amide bonds. The van der Waals surface area contributed by atoms with Gasteiger partial charge in [0.05, 0.1) is 13.4 Å². The van der Waals surface area contributed by atoms with Crippen molar-refractivity contribution in [2.24, 2.45) is 0 Å². The molecule has 0 aliphatic heterocycles. The van der Waals surface area contributed by atoms with Crippen molar-refractivity contribution in [3.05, 3.63) is 25.0 Å². The lowest BCUT2D eigenvalue weighted by atomic mass is 10.5. The molecule has 2 N–H and O–H groups in total. The Morgan fingerprint density at radius 1 is 1.32 bits per heavy atom. The number of nitrogens with zero attached hydrogens (tertiary/aromatic N) is 6. The van der Waals surface area contributed by atoms with Crippen molar-refractivity contribution >= 4 is 17.1 Å². The van der Waals surface area contributed by atoms with Crippen LogP contribution in [0.4, 0.5) is 5.95 Å². The number of hydrogen-bond donors (Lipinski definition) is 1. The van der Waals surface area contributed by atoms with Gasteiger partial charge in [-0.1, -0.05) is 0 Å². The van der Waals surface area contributed by atoms with Gasteiger partial charge in [0.15, 0.2) is 11.2 Å². The highest BCUT2D eigenvalue weighted by Crippen LogP contribution is 2.22. The second-order valence-corrected chi connectivity index (χ2v) is 3.98. The van der Waals surface area contributed by atoms with Crippen LogP contribution in [-0.2, 0) is 13.1 Å². The van der Waals surface area contributed by atoms with Gasteiger partial charge in [-0.15, -0.1) is 0 Å². The van der Waals surface area contributed by atoms with Crippen molar-refractivity contribution in [3.63, 3.8) is 0 Å². The van der Waals surface area contributed by atoms with Gasteiger partial charge < -0.3 is 15.0 Å². The van der Waals surface area contributed by atoms with Gasteiger partial charge in [-0.25, -0.2) is 15.0 Å². The molecular formula is C11H13N7O. The Bertz CT molecular complexity index is 688. The second-order valence-electron chi connectivity index (χ2n) is 3.98. The van der Waals surface area contributed by atoms with Crippen molar-refractivity contribution in [2.75, 3.05) is 12.8 Å². The normalized spacial score (nSPS) is 11.0. The fraction of sp³-hybridized carbons (Fsp3) is 0.273. The highest BCUT2D eigenvalue weighted by atomic mass is 16.5.